The molecule has 1 aliphatic heterocycles. The zero-order valence-electron chi connectivity index (χ0n) is 13.3. The standard InChI is InChI=1S/C18H30N2O/c1-2-3-4-5-6-9-16(20-19)14-15-12-13-21-18-11-8-7-10-17(15)18/h7-8,10-11,15-16,20H,2-6,9,12-14,19H2,1H3. The van der Waals surface area contributed by atoms with Crippen molar-refractivity contribution in [1.82, 2.24) is 5.43 Å². The minimum Gasteiger partial charge on any atom is -0.493 e. The van der Waals surface area contributed by atoms with E-state index in [4.69, 9.17) is 10.6 Å². The average molecular weight is 290 g/mol. The van der Waals surface area contributed by atoms with Gasteiger partial charge in [-0.15, -0.1) is 0 Å². The van der Waals surface area contributed by atoms with Gasteiger partial charge in [0.15, 0.2) is 0 Å². The summed E-state index contributed by atoms with van der Waals surface area (Å²) in [5.74, 6) is 7.41. The van der Waals surface area contributed by atoms with Crippen LogP contribution in [0.2, 0.25) is 0 Å². The van der Waals surface area contributed by atoms with Crippen LogP contribution in [0.4, 0.5) is 0 Å². The topological polar surface area (TPSA) is 47.3 Å². The second-order valence-corrected chi connectivity index (χ2v) is 6.17. The fourth-order valence-electron chi connectivity index (χ4n) is 3.27. The molecule has 1 aromatic rings. The Morgan fingerprint density at radius 3 is 2.86 bits per heavy atom. The minimum absolute atomic E-state index is 0.419. The maximum Gasteiger partial charge on any atom is 0.122 e. The Morgan fingerprint density at radius 1 is 1.24 bits per heavy atom. The molecule has 0 saturated heterocycles. The summed E-state index contributed by atoms with van der Waals surface area (Å²) < 4.78 is 5.74. The van der Waals surface area contributed by atoms with Crippen molar-refractivity contribution in [1.29, 1.82) is 0 Å². The van der Waals surface area contributed by atoms with Crippen molar-refractivity contribution in [2.24, 2.45) is 5.84 Å². The highest BCUT2D eigenvalue weighted by Crippen LogP contribution is 2.36. The highest BCUT2D eigenvalue weighted by atomic mass is 16.5. The number of para-hydroxylation sites is 1. The van der Waals surface area contributed by atoms with Crippen molar-refractivity contribution in [3.8, 4) is 5.75 Å². The van der Waals surface area contributed by atoms with Crippen molar-refractivity contribution in [2.45, 2.75) is 70.3 Å². The van der Waals surface area contributed by atoms with Crippen LogP contribution in [0.5, 0.6) is 5.75 Å². The molecule has 0 spiro atoms. The normalized spacial score (nSPS) is 18.9. The number of unbranched alkanes of at least 4 members (excludes halogenated alkanes) is 4. The van der Waals surface area contributed by atoms with E-state index in [1.54, 1.807) is 0 Å². The Morgan fingerprint density at radius 2 is 2.05 bits per heavy atom. The maximum atomic E-state index is 5.77. The lowest BCUT2D eigenvalue weighted by Crippen LogP contribution is -2.37. The number of hydrogen-bond acceptors (Lipinski definition) is 3. The minimum atomic E-state index is 0.419. The summed E-state index contributed by atoms with van der Waals surface area (Å²) in [7, 11) is 0. The van der Waals surface area contributed by atoms with E-state index in [1.165, 1.54) is 44.1 Å². The Balaban J connectivity index is 1.82. The summed E-state index contributed by atoms with van der Waals surface area (Å²) in [6, 6.07) is 8.86. The zero-order valence-corrected chi connectivity index (χ0v) is 13.3. The van der Waals surface area contributed by atoms with Gasteiger partial charge in [-0.3, -0.25) is 11.3 Å². The number of nitrogens with one attached hydrogen (secondary N) is 1. The van der Waals surface area contributed by atoms with E-state index < -0.39 is 0 Å². The summed E-state index contributed by atoms with van der Waals surface area (Å²) in [6.45, 7) is 3.09. The molecule has 1 aliphatic rings. The van der Waals surface area contributed by atoms with Gasteiger partial charge in [0.05, 0.1) is 6.61 Å². The quantitative estimate of drug-likeness (QED) is 0.408. The van der Waals surface area contributed by atoms with Gasteiger partial charge in [0, 0.05) is 6.04 Å². The molecular weight excluding hydrogens is 260 g/mol. The van der Waals surface area contributed by atoms with Crippen molar-refractivity contribution in [3.05, 3.63) is 29.8 Å². The van der Waals surface area contributed by atoms with Crippen LogP contribution in [0.15, 0.2) is 24.3 Å². The van der Waals surface area contributed by atoms with Crippen LogP contribution in [0.3, 0.4) is 0 Å². The smallest absolute Gasteiger partial charge is 0.122 e. The molecule has 3 nitrogen and oxygen atoms in total. The van der Waals surface area contributed by atoms with Crippen LogP contribution in [0.25, 0.3) is 0 Å². The van der Waals surface area contributed by atoms with Crippen molar-refractivity contribution in [2.75, 3.05) is 6.61 Å². The molecule has 0 bridgehead atoms. The van der Waals surface area contributed by atoms with Gasteiger partial charge in [-0.1, -0.05) is 57.2 Å². The first-order valence-electron chi connectivity index (χ1n) is 8.53. The maximum absolute atomic E-state index is 5.77. The predicted octanol–water partition coefficient (Wildman–Crippen LogP) is 4.14. The lowest BCUT2D eigenvalue weighted by atomic mass is 9.86. The SMILES string of the molecule is CCCCCCCC(CC1CCOc2ccccc21)NN. The molecule has 21 heavy (non-hydrogen) atoms. The molecule has 118 valence electrons. The summed E-state index contributed by atoms with van der Waals surface area (Å²) >= 11 is 0. The zero-order chi connectivity index (χ0) is 14.9. The second-order valence-electron chi connectivity index (χ2n) is 6.17. The van der Waals surface area contributed by atoms with Crippen LogP contribution >= 0.6 is 0 Å². The van der Waals surface area contributed by atoms with Gasteiger partial charge in [-0.2, -0.15) is 0 Å². The van der Waals surface area contributed by atoms with Crippen LogP contribution in [-0.2, 0) is 0 Å². The highest BCUT2D eigenvalue weighted by Gasteiger charge is 2.23. The number of hydrazine groups is 1. The van der Waals surface area contributed by atoms with Gasteiger partial charge in [0.2, 0.25) is 0 Å². The molecular formula is C18H30N2O. The monoisotopic (exact) mass is 290 g/mol. The molecule has 3 N–H and O–H groups in total. The van der Waals surface area contributed by atoms with Crippen LogP contribution < -0.4 is 16.0 Å². The van der Waals surface area contributed by atoms with E-state index in [0.29, 0.717) is 12.0 Å². The third-order valence-corrected chi connectivity index (χ3v) is 4.54. The van der Waals surface area contributed by atoms with Crippen molar-refractivity contribution < 1.29 is 4.74 Å². The first-order chi connectivity index (χ1) is 10.3. The Bertz CT molecular complexity index is 408. The van der Waals surface area contributed by atoms with Crippen LogP contribution in [0.1, 0.15) is 69.8 Å². The predicted molar refractivity (Wildman–Crippen MR) is 88.4 cm³/mol. The van der Waals surface area contributed by atoms with Gasteiger partial charge in [0.1, 0.15) is 5.75 Å². The largest absolute Gasteiger partial charge is 0.493 e. The van der Waals surface area contributed by atoms with E-state index in [0.717, 1.165) is 25.2 Å². The number of benzene rings is 1. The summed E-state index contributed by atoms with van der Waals surface area (Å²) in [5.41, 5.74) is 4.39. The van der Waals surface area contributed by atoms with Crippen molar-refractivity contribution in [3.63, 3.8) is 0 Å². The molecule has 0 aromatic heterocycles. The summed E-state index contributed by atoms with van der Waals surface area (Å²) in [6.07, 6.45) is 10.0. The third-order valence-electron chi connectivity index (χ3n) is 4.54. The van der Waals surface area contributed by atoms with E-state index >= 15 is 0 Å². The Kier molecular flexibility index (Phi) is 7.04. The lowest BCUT2D eigenvalue weighted by Gasteiger charge is -2.29. The van der Waals surface area contributed by atoms with E-state index in [1.807, 2.05) is 6.07 Å². The molecule has 1 aromatic carbocycles. The average Bonchev–Trinajstić information content (AvgIpc) is 2.53. The molecule has 1 heterocycles. The molecule has 0 saturated carbocycles. The summed E-state index contributed by atoms with van der Waals surface area (Å²) in [5, 5.41) is 0. The van der Waals surface area contributed by atoms with E-state index in [2.05, 4.69) is 30.5 Å². The summed E-state index contributed by atoms with van der Waals surface area (Å²) in [4.78, 5) is 0. The first-order valence-corrected chi connectivity index (χ1v) is 8.53. The molecule has 0 amide bonds. The van der Waals surface area contributed by atoms with Gasteiger partial charge in [-0.05, 0) is 36.8 Å². The fraction of sp³-hybridized carbons (Fsp3) is 0.667. The first kappa shape index (κ1) is 16.3. The number of fused-ring (bicyclic) bond motifs is 1. The number of hydrogen-bond donors (Lipinski definition) is 2. The van der Waals surface area contributed by atoms with E-state index in [-0.39, 0.29) is 0 Å². The second kappa shape index (κ2) is 9.06. The number of nitrogens with two attached hydrogens (primary N) is 1. The van der Waals surface area contributed by atoms with Crippen LogP contribution in [0, 0.1) is 0 Å². The molecule has 3 heteroatoms. The fourth-order valence-corrected chi connectivity index (χ4v) is 3.27. The highest BCUT2D eigenvalue weighted by molar-refractivity contribution is 5.37. The molecule has 2 unspecified atom stereocenters. The van der Waals surface area contributed by atoms with Crippen molar-refractivity contribution >= 4 is 0 Å². The Hall–Kier alpha value is -1.06. The van der Waals surface area contributed by atoms with E-state index in [9.17, 15) is 0 Å². The third kappa shape index (κ3) is 5.01. The molecule has 0 radical (unpaired) electrons. The van der Waals surface area contributed by atoms with Crippen LogP contribution in [-0.4, -0.2) is 12.6 Å². The van der Waals surface area contributed by atoms with Gasteiger partial charge < -0.3 is 4.74 Å². The Labute approximate surface area is 129 Å². The van der Waals surface area contributed by atoms with Gasteiger partial charge in [-0.25, -0.2) is 0 Å². The molecule has 2 atom stereocenters. The number of ether oxygens (including phenoxy) is 1. The molecule has 2 rings (SSSR count). The lowest BCUT2D eigenvalue weighted by molar-refractivity contribution is 0.252. The molecule has 0 aliphatic carbocycles. The van der Waals surface area contributed by atoms with Gasteiger partial charge in [0.25, 0.3) is 0 Å². The molecule has 0 fully saturated rings. The number of rotatable bonds is 9. The van der Waals surface area contributed by atoms with Gasteiger partial charge >= 0.3 is 0 Å².